The van der Waals surface area contributed by atoms with Crippen molar-refractivity contribution in [3.8, 4) is 0 Å². The van der Waals surface area contributed by atoms with Crippen LogP contribution in [0.2, 0.25) is 0 Å². The van der Waals surface area contributed by atoms with Crippen LogP contribution in [0.4, 0.5) is 0 Å². The number of thiol groups is 1. The van der Waals surface area contributed by atoms with E-state index in [0.29, 0.717) is 5.25 Å². The first kappa shape index (κ1) is 5.45. The normalized spacial score (nSPS) is 34.3. The van der Waals surface area contributed by atoms with Crippen LogP contribution in [-0.2, 0) is 0 Å². The SMILES string of the molecule is CN1CC[C@@H](S)C1. The molecule has 0 aliphatic carbocycles. The first-order valence-electron chi connectivity index (χ1n) is 2.65. The van der Waals surface area contributed by atoms with Crippen LogP contribution in [0.5, 0.6) is 0 Å². The molecule has 0 radical (unpaired) electrons. The van der Waals surface area contributed by atoms with Crippen molar-refractivity contribution in [2.45, 2.75) is 11.7 Å². The fourth-order valence-corrected chi connectivity index (χ4v) is 1.31. The molecule has 0 saturated carbocycles. The predicted molar refractivity (Wildman–Crippen MR) is 34.9 cm³/mol. The third kappa shape index (κ3) is 1.35. The van der Waals surface area contributed by atoms with Gasteiger partial charge >= 0.3 is 0 Å². The van der Waals surface area contributed by atoms with E-state index in [9.17, 15) is 0 Å². The summed E-state index contributed by atoms with van der Waals surface area (Å²) in [5.74, 6) is 0. The molecule has 0 aromatic heterocycles. The van der Waals surface area contributed by atoms with Crippen LogP contribution in [0.25, 0.3) is 0 Å². The highest BCUT2D eigenvalue weighted by Gasteiger charge is 2.14. The van der Waals surface area contributed by atoms with Gasteiger partial charge in [-0.1, -0.05) is 0 Å². The van der Waals surface area contributed by atoms with Crippen LogP contribution in [0.1, 0.15) is 6.42 Å². The molecule has 1 saturated heterocycles. The summed E-state index contributed by atoms with van der Waals surface area (Å²) < 4.78 is 0. The predicted octanol–water partition coefficient (Wildman–Crippen LogP) is 0.620. The average molecular weight is 117 g/mol. The molecule has 0 unspecified atom stereocenters. The smallest absolute Gasteiger partial charge is 0.0156 e. The second-order valence-electron chi connectivity index (χ2n) is 2.20. The molecule has 0 aromatic rings. The summed E-state index contributed by atoms with van der Waals surface area (Å²) in [6, 6.07) is 0. The number of nitrogens with zero attached hydrogens (tertiary/aromatic N) is 1. The van der Waals surface area contributed by atoms with Crippen molar-refractivity contribution in [3.63, 3.8) is 0 Å². The highest BCUT2D eigenvalue weighted by Crippen LogP contribution is 2.10. The van der Waals surface area contributed by atoms with Crippen LogP contribution in [-0.4, -0.2) is 30.3 Å². The maximum Gasteiger partial charge on any atom is 0.0156 e. The van der Waals surface area contributed by atoms with Crippen LogP contribution < -0.4 is 0 Å². The molecule has 0 N–H and O–H groups in total. The molecule has 0 aromatic carbocycles. The lowest BCUT2D eigenvalue weighted by Gasteiger charge is -2.03. The van der Waals surface area contributed by atoms with E-state index in [1.165, 1.54) is 19.5 Å². The van der Waals surface area contributed by atoms with Crippen LogP contribution >= 0.6 is 12.6 Å². The van der Waals surface area contributed by atoms with Crippen molar-refractivity contribution < 1.29 is 0 Å². The van der Waals surface area contributed by atoms with E-state index in [-0.39, 0.29) is 0 Å². The molecule has 1 fully saturated rings. The molecule has 7 heavy (non-hydrogen) atoms. The third-order valence-corrected chi connectivity index (χ3v) is 1.79. The van der Waals surface area contributed by atoms with E-state index in [4.69, 9.17) is 0 Å². The second kappa shape index (κ2) is 2.05. The molecule has 42 valence electrons. The van der Waals surface area contributed by atoms with Crippen molar-refractivity contribution in [2.24, 2.45) is 0 Å². The van der Waals surface area contributed by atoms with Gasteiger partial charge in [0, 0.05) is 11.8 Å². The molecule has 1 rings (SSSR count). The van der Waals surface area contributed by atoms with Gasteiger partial charge in [0.25, 0.3) is 0 Å². The first-order chi connectivity index (χ1) is 3.29. The molecule has 1 heterocycles. The Morgan fingerprint density at radius 2 is 2.43 bits per heavy atom. The molecule has 1 nitrogen and oxygen atoms in total. The fraction of sp³-hybridized carbons (Fsp3) is 1.00. The van der Waals surface area contributed by atoms with E-state index < -0.39 is 0 Å². The molecule has 0 bridgehead atoms. The van der Waals surface area contributed by atoms with Crippen LogP contribution in [0, 0.1) is 0 Å². The van der Waals surface area contributed by atoms with Gasteiger partial charge in [-0.25, -0.2) is 0 Å². The van der Waals surface area contributed by atoms with Gasteiger partial charge in [0.15, 0.2) is 0 Å². The van der Waals surface area contributed by atoms with E-state index in [1.807, 2.05) is 0 Å². The maximum absolute atomic E-state index is 4.31. The van der Waals surface area contributed by atoms with Crippen molar-refractivity contribution in [3.05, 3.63) is 0 Å². The summed E-state index contributed by atoms with van der Waals surface area (Å²) in [5, 5.41) is 0.644. The lowest BCUT2D eigenvalue weighted by Crippen LogP contribution is -2.13. The van der Waals surface area contributed by atoms with E-state index in [0.717, 1.165) is 0 Å². The summed E-state index contributed by atoms with van der Waals surface area (Å²) >= 11 is 4.31. The van der Waals surface area contributed by atoms with Gasteiger partial charge in [-0.2, -0.15) is 12.6 Å². The van der Waals surface area contributed by atoms with Gasteiger partial charge in [0.05, 0.1) is 0 Å². The van der Waals surface area contributed by atoms with Crippen molar-refractivity contribution in [1.82, 2.24) is 4.90 Å². The monoisotopic (exact) mass is 117 g/mol. The molecule has 1 atom stereocenters. The minimum atomic E-state index is 0.644. The van der Waals surface area contributed by atoms with E-state index >= 15 is 0 Å². The van der Waals surface area contributed by atoms with Gasteiger partial charge in [-0.15, -0.1) is 0 Å². The quantitative estimate of drug-likeness (QED) is 0.455. The molecule has 1 aliphatic heterocycles. The minimum absolute atomic E-state index is 0.644. The van der Waals surface area contributed by atoms with Gasteiger partial charge in [-0.05, 0) is 20.0 Å². The van der Waals surface area contributed by atoms with Gasteiger partial charge in [-0.3, -0.25) is 0 Å². The van der Waals surface area contributed by atoms with Crippen LogP contribution in [0.3, 0.4) is 0 Å². The zero-order valence-corrected chi connectivity index (χ0v) is 5.49. The second-order valence-corrected chi connectivity index (χ2v) is 2.94. The highest BCUT2D eigenvalue weighted by atomic mass is 32.1. The lowest BCUT2D eigenvalue weighted by molar-refractivity contribution is 0.419. The molecular weight excluding hydrogens is 106 g/mol. The van der Waals surface area contributed by atoms with Gasteiger partial charge in [0.2, 0.25) is 0 Å². The molecular formula is C5H11NS. The Morgan fingerprint density at radius 3 is 2.57 bits per heavy atom. The molecule has 0 amide bonds. The zero-order valence-electron chi connectivity index (χ0n) is 4.59. The Hall–Kier alpha value is 0.310. The topological polar surface area (TPSA) is 3.24 Å². The summed E-state index contributed by atoms with van der Waals surface area (Å²) in [7, 11) is 2.14. The molecule has 0 spiro atoms. The summed E-state index contributed by atoms with van der Waals surface area (Å²) in [4.78, 5) is 2.30. The Morgan fingerprint density at radius 1 is 1.71 bits per heavy atom. The standard InChI is InChI=1S/C5H11NS/c1-6-3-2-5(7)4-6/h5,7H,2-4H2,1H3/t5-/m1/s1. The van der Waals surface area contributed by atoms with Crippen LogP contribution in [0.15, 0.2) is 0 Å². The Bertz CT molecular complexity index is 57.1. The lowest BCUT2D eigenvalue weighted by atomic mass is 10.4. The fourth-order valence-electron chi connectivity index (χ4n) is 0.912. The first-order valence-corrected chi connectivity index (χ1v) is 3.17. The van der Waals surface area contributed by atoms with E-state index in [1.54, 1.807) is 0 Å². The van der Waals surface area contributed by atoms with Crippen molar-refractivity contribution in [1.29, 1.82) is 0 Å². The molecule has 1 aliphatic rings. The minimum Gasteiger partial charge on any atom is -0.305 e. The van der Waals surface area contributed by atoms with Gasteiger partial charge < -0.3 is 4.90 Å². The Kier molecular flexibility index (Phi) is 1.60. The zero-order chi connectivity index (χ0) is 5.28. The number of rotatable bonds is 0. The van der Waals surface area contributed by atoms with Gasteiger partial charge in [0.1, 0.15) is 0 Å². The Balaban J connectivity index is 2.26. The van der Waals surface area contributed by atoms with E-state index in [2.05, 4.69) is 24.6 Å². The van der Waals surface area contributed by atoms with Crippen molar-refractivity contribution in [2.75, 3.05) is 20.1 Å². The summed E-state index contributed by atoms with van der Waals surface area (Å²) in [5.41, 5.74) is 0. The summed E-state index contributed by atoms with van der Waals surface area (Å²) in [6.07, 6.45) is 1.26. The molecule has 2 heteroatoms. The average Bonchev–Trinajstić information content (AvgIpc) is 1.87. The number of hydrogen-bond acceptors (Lipinski definition) is 2. The maximum atomic E-state index is 4.31. The number of likely N-dealkylation sites (tertiary alicyclic amines) is 1. The van der Waals surface area contributed by atoms with Crippen molar-refractivity contribution >= 4 is 12.6 Å². The Labute approximate surface area is 50.1 Å². The summed E-state index contributed by atoms with van der Waals surface area (Å²) in [6.45, 7) is 2.40. The largest absolute Gasteiger partial charge is 0.305 e. The number of hydrogen-bond donors (Lipinski definition) is 1. The third-order valence-electron chi connectivity index (χ3n) is 1.37. The highest BCUT2D eigenvalue weighted by molar-refractivity contribution is 7.81.